The van der Waals surface area contributed by atoms with E-state index in [4.69, 9.17) is 9.47 Å². The molecule has 0 fully saturated rings. The molecule has 122 valence electrons. The Morgan fingerprint density at radius 3 is 2.52 bits per heavy atom. The quantitative estimate of drug-likeness (QED) is 0.667. The van der Waals surface area contributed by atoms with Gasteiger partial charge in [0.05, 0.1) is 6.54 Å². The fourth-order valence-electron chi connectivity index (χ4n) is 1.76. The van der Waals surface area contributed by atoms with Crippen LogP contribution in [0.25, 0.3) is 0 Å². The minimum atomic E-state index is -0.807. The number of alkyl carbamates (subject to hydrolysis) is 1. The summed E-state index contributed by atoms with van der Waals surface area (Å²) in [7, 11) is 0. The third kappa shape index (κ3) is 6.87. The number of nitrogens with one attached hydrogen (secondary N) is 1. The first kappa shape index (κ1) is 17.6. The van der Waals surface area contributed by atoms with Crippen molar-refractivity contribution in [1.82, 2.24) is 5.32 Å². The van der Waals surface area contributed by atoms with Gasteiger partial charge in [-0.1, -0.05) is 30.3 Å². The maximum atomic E-state index is 11.5. The minimum absolute atomic E-state index is 0.0675. The molecule has 2 N–H and O–H groups in total. The van der Waals surface area contributed by atoms with E-state index in [1.807, 2.05) is 54.6 Å². The molecule has 5 nitrogen and oxygen atoms in total. The molecule has 6 heteroatoms. The van der Waals surface area contributed by atoms with E-state index < -0.39 is 12.2 Å². The van der Waals surface area contributed by atoms with Crippen molar-refractivity contribution in [1.29, 1.82) is 0 Å². The number of benzene rings is 2. The maximum absolute atomic E-state index is 11.5. The standard InChI is InChI=1S/C17H18INO4/c18-14-6-8-16(9-7-14)22-12-15(20)10-19-17(21)23-11-13-4-2-1-3-5-13/h1-9,15,20H,10-12H2,(H,19,21). The largest absolute Gasteiger partial charge is 0.491 e. The van der Waals surface area contributed by atoms with Gasteiger partial charge in [-0.05, 0) is 52.4 Å². The lowest BCUT2D eigenvalue weighted by molar-refractivity contribution is 0.0965. The lowest BCUT2D eigenvalue weighted by Crippen LogP contribution is -2.35. The van der Waals surface area contributed by atoms with Crippen LogP contribution in [0, 0.1) is 3.57 Å². The van der Waals surface area contributed by atoms with E-state index in [-0.39, 0.29) is 19.8 Å². The van der Waals surface area contributed by atoms with Crippen LogP contribution in [0.4, 0.5) is 4.79 Å². The van der Waals surface area contributed by atoms with E-state index in [1.54, 1.807) is 0 Å². The van der Waals surface area contributed by atoms with Crippen molar-refractivity contribution in [3.05, 3.63) is 63.7 Å². The van der Waals surface area contributed by atoms with Gasteiger partial charge in [-0.15, -0.1) is 0 Å². The number of aliphatic hydroxyl groups is 1. The van der Waals surface area contributed by atoms with E-state index in [1.165, 1.54) is 0 Å². The Bertz CT molecular complexity index is 604. The highest BCUT2D eigenvalue weighted by Gasteiger charge is 2.09. The van der Waals surface area contributed by atoms with Gasteiger partial charge in [-0.25, -0.2) is 4.79 Å². The van der Waals surface area contributed by atoms with Crippen LogP contribution < -0.4 is 10.1 Å². The predicted molar refractivity (Wildman–Crippen MR) is 95.3 cm³/mol. The van der Waals surface area contributed by atoms with Gasteiger partial charge >= 0.3 is 6.09 Å². The zero-order valence-corrected chi connectivity index (χ0v) is 14.6. The van der Waals surface area contributed by atoms with Crippen molar-refractivity contribution in [2.45, 2.75) is 12.7 Å². The van der Waals surface area contributed by atoms with Crippen molar-refractivity contribution in [3.8, 4) is 5.75 Å². The van der Waals surface area contributed by atoms with Crippen molar-refractivity contribution in [3.63, 3.8) is 0 Å². The van der Waals surface area contributed by atoms with E-state index in [0.29, 0.717) is 5.75 Å². The van der Waals surface area contributed by atoms with Crippen LogP contribution >= 0.6 is 22.6 Å². The number of hydrogen-bond acceptors (Lipinski definition) is 4. The summed E-state index contributed by atoms with van der Waals surface area (Å²) in [5, 5.41) is 12.3. The Morgan fingerprint density at radius 2 is 1.83 bits per heavy atom. The topological polar surface area (TPSA) is 67.8 Å². The highest BCUT2D eigenvalue weighted by molar-refractivity contribution is 14.1. The fourth-order valence-corrected chi connectivity index (χ4v) is 2.12. The molecule has 0 radical (unpaired) electrons. The molecule has 1 amide bonds. The monoisotopic (exact) mass is 427 g/mol. The summed E-state index contributed by atoms with van der Waals surface area (Å²) in [5.41, 5.74) is 0.908. The summed E-state index contributed by atoms with van der Waals surface area (Å²) >= 11 is 2.20. The summed E-state index contributed by atoms with van der Waals surface area (Å²) in [6.45, 7) is 0.361. The number of aliphatic hydroxyl groups excluding tert-OH is 1. The van der Waals surface area contributed by atoms with Crippen LogP contribution in [0.5, 0.6) is 5.75 Å². The van der Waals surface area contributed by atoms with Crippen LogP contribution in [0.1, 0.15) is 5.56 Å². The number of hydrogen-bond donors (Lipinski definition) is 2. The van der Waals surface area contributed by atoms with Gasteiger partial charge in [-0.3, -0.25) is 0 Å². The van der Waals surface area contributed by atoms with E-state index >= 15 is 0 Å². The predicted octanol–water partition coefficient (Wildman–Crippen LogP) is 2.96. The van der Waals surface area contributed by atoms with E-state index in [2.05, 4.69) is 27.9 Å². The minimum Gasteiger partial charge on any atom is -0.491 e. The number of ether oxygens (including phenoxy) is 2. The molecule has 1 unspecified atom stereocenters. The molecule has 0 aliphatic heterocycles. The summed E-state index contributed by atoms with van der Waals surface area (Å²) in [6, 6.07) is 16.9. The lowest BCUT2D eigenvalue weighted by Gasteiger charge is -2.13. The second kappa shape index (κ2) is 9.36. The summed E-state index contributed by atoms with van der Waals surface area (Å²) in [6.07, 6.45) is -1.37. The normalized spacial score (nSPS) is 11.6. The number of carbonyl (C=O) groups excluding carboxylic acids is 1. The van der Waals surface area contributed by atoms with Gasteiger partial charge < -0.3 is 19.9 Å². The first-order valence-corrected chi connectivity index (χ1v) is 8.22. The van der Waals surface area contributed by atoms with Crippen molar-refractivity contribution in [2.24, 2.45) is 0 Å². The highest BCUT2D eigenvalue weighted by Crippen LogP contribution is 2.13. The Hall–Kier alpha value is -1.80. The molecule has 2 aromatic carbocycles. The average Bonchev–Trinajstić information content (AvgIpc) is 2.58. The number of rotatable bonds is 7. The second-order valence-electron chi connectivity index (χ2n) is 4.86. The number of amides is 1. The number of carbonyl (C=O) groups is 1. The zero-order valence-electron chi connectivity index (χ0n) is 12.4. The molecule has 1 atom stereocenters. The lowest BCUT2D eigenvalue weighted by atomic mass is 10.2. The van der Waals surface area contributed by atoms with Gasteiger partial charge in [0.2, 0.25) is 0 Å². The summed E-state index contributed by atoms with van der Waals surface area (Å²) < 4.78 is 11.6. The highest BCUT2D eigenvalue weighted by atomic mass is 127. The first-order chi connectivity index (χ1) is 11.1. The molecule has 0 bridgehead atoms. The molecule has 0 aromatic heterocycles. The molecule has 0 heterocycles. The Balaban J connectivity index is 1.62. The fraction of sp³-hybridized carbons (Fsp3) is 0.235. The third-order valence-corrected chi connectivity index (χ3v) is 3.67. The van der Waals surface area contributed by atoms with Gasteiger partial charge in [0.1, 0.15) is 25.1 Å². The van der Waals surface area contributed by atoms with Crippen molar-refractivity contribution in [2.75, 3.05) is 13.2 Å². The maximum Gasteiger partial charge on any atom is 0.407 e. The van der Waals surface area contributed by atoms with Gasteiger partial charge in [0.15, 0.2) is 0 Å². The van der Waals surface area contributed by atoms with Gasteiger partial charge in [-0.2, -0.15) is 0 Å². The van der Waals surface area contributed by atoms with Crippen LogP contribution in [0.3, 0.4) is 0 Å². The SMILES string of the molecule is O=C(NCC(O)COc1ccc(I)cc1)OCc1ccccc1. The molecule has 0 aliphatic rings. The number of halogens is 1. The average molecular weight is 427 g/mol. The van der Waals surface area contributed by atoms with E-state index in [0.717, 1.165) is 9.13 Å². The van der Waals surface area contributed by atoms with Crippen LogP contribution in [-0.4, -0.2) is 30.5 Å². The summed E-state index contributed by atoms with van der Waals surface area (Å²) in [5.74, 6) is 0.677. The zero-order chi connectivity index (χ0) is 16.5. The Labute approximate surface area is 148 Å². The van der Waals surface area contributed by atoms with Crippen LogP contribution in [0.2, 0.25) is 0 Å². The molecule has 2 aromatic rings. The molecule has 0 aliphatic carbocycles. The molecule has 23 heavy (non-hydrogen) atoms. The molecule has 0 saturated heterocycles. The Morgan fingerprint density at radius 1 is 1.13 bits per heavy atom. The van der Waals surface area contributed by atoms with Crippen LogP contribution in [0.15, 0.2) is 54.6 Å². The first-order valence-electron chi connectivity index (χ1n) is 7.14. The van der Waals surface area contributed by atoms with Gasteiger partial charge in [0, 0.05) is 3.57 Å². The van der Waals surface area contributed by atoms with Crippen molar-refractivity contribution >= 4 is 28.7 Å². The smallest absolute Gasteiger partial charge is 0.407 e. The van der Waals surface area contributed by atoms with Gasteiger partial charge in [0.25, 0.3) is 0 Å². The molecule has 0 saturated carbocycles. The van der Waals surface area contributed by atoms with Crippen LogP contribution in [-0.2, 0) is 11.3 Å². The molecule has 0 spiro atoms. The second-order valence-corrected chi connectivity index (χ2v) is 6.11. The molecule has 2 rings (SSSR count). The Kier molecular flexibility index (Phi) is 7.15. The summed E-state index contributed by atoms with van der Waals surface area (Å²) in [4.78, 5) is 11.5. The van der Waals surface area contributed by atoms with Crippen molar-refractivity contribution < 1.29 is 19.4 Å². The molecular weight excluding hydrogens is 409 g/mol. The third-order valence-electron chi connectivity index (χ3n) is 2.95. The van der Waals surface area contributed by atoms with E-state index in [9.17, 15) is 9.90 Å². The molecular formula is C17H18INO4.